The molecule has 110 valence electrons. The van der Waals surface area contributed by atoms with Crippen molar-refractivity contribution in [3.8, 4) is 0 Å². The first-order chi connectivity index (χ1) is 10.1. The van der Waals surface area contributed by atoms with Crippen molar-refractivity contribution in [2.45, 2.75) is 12.7 Å². The van der Waals surface area contributed by atoms with Gasteiger partial charge >= 0.3 is 6.18 Å². The molecule has 5 heteroatoms. The van der Waals surface area contributed by atoms with Crippen LogP contribution in [0.3, 0.4) is 0 Å². The average molecular weight is 292 g/mol. The highest BCUT2D eigenvalue weighted by Gasteiger charge is 2.26. The van der Waals surface area contributed by atoms with E-state index in [0.717, 1.165) is 21.8 Å². The summed E-state index contributed by atoms with van der Waals surface area (Å²) in [5.41, 5.74) is 2.10. The molecule has 1 N–H and O–H groups in total. The minimum absolute atomic E-state index is 0.280. The molecule has 0 fully saturated rings. The maximum Gasteiger partial charge on any atom is 0.401 e. The van der Waals surface area contributed by atoms with E-state index >= 15 is 0 Å². The zero-order valence-corrected chi connectivity index (χ0v) is 11.3. The van der Waals surface area contributed by atoms with Gasteiger partial charge in [0, 0.05) is 34.9 Å². The summed E-state index contributed by atoms with van der Waals surface area (Å²) < 4.78 is 38.5. The van der Waals surface area contributed by atoms with Crippen molar-refractivity contribution in [3.63, 3.8) is 0 Å². The molecule has 3 aromatic rings. The van der Waals surface area contributed by atoms with Crippen molar-refractivity contribution < 1.29 is 13.2 Å². The van der Waals surface area contributed by atoms with Crippen molar-refractivity contribution in [3.05, 3.63) is 48.5 Å². The molecule has 0 aliphatic carbocycles. The summed E-state index contributed by atoms with van der Waals surface area (Å²) in [6.45, 7) is -0.170. The molecule has 21 heavy (non-hydrogen) atoms. The van der Waals surface area contributed by atoms with E-state index in [1.54, 1.807) is 0 Å². The lowest BCUT2D eigenvalue weighted by Gasteiger charge is -2.10. The van der Waals surface area contributed by atoms with Gasteiger partial charge < -0.3 is 9.88 Å². The Morgan fingerprint density at radius 3 is 1.90 bits per heavy atom. The average Bonchev–Trinajstić information content (AvgIpc) is 2.77. The summed E-state index contributed by atoms with van der Waals surface area (Å²) >= 11 is 0. The highest BCUT2D eigenvalue weighted by molar-refractivity contribution is 6.07. The SMILES string of the molecule is FC(F)(F)CNCCn1c2ccccc2c2ccccc21. The zero-order valence-electron chi connectivity index (χ0n) is 11.3. The molecule has 0 atom stereocenters. The fraction of sp³-hybridized carbons (Fsp3) is 0.250. The van der Waals surface area contributed by atoms with Crippen LogP contribution >= 0.6 is 0 Å². The predicted molar refractivity (Wildman–Crippen MR) is 78.4 cm³/mol. The maximum atomic E-state index is 12.2. The van der Waals surface area contributed by atoms with E-state index in [1.165, 1.54) is 0 Å². The Bertz CT molecular complexity index is 706. The summed E-state index contributed by atoms with van der Waals surface area (Å²) in [6, 6.07) is 15.9. The van der Waals surface area contributed by atoms with Crippen molar-refractivity contribution >= 4 is 21.8 Å². The van der Waals surface area contributed by atoms with Crippen LogP contribution in [0.15, 0.2) is 48.5 Å². The molecule has 1 aromatic heterocycles. The number of halogens is 3. The van der Waals surface area contributed by atoms with Crippen LogP contribution in [0.2, 0.25) is 0 Å². The number of nitrogens with one attached hydrogen (secondary N) is 1. The molecular weight excluding hydrogens is 277 g/mol. The molecule has 0 radical (unpaired) electrons. The molecule has 0 spiro atoms. The molecule has 0 aliphatic rings. The van der Waals surface area contributed by atoms with Crippen LogP contribution in [0.1, 0.15) is 0 Å². The van der Waals surface area contributed by atoms with Gasteiger partial charge in [-0.2, -0.15) is 13.2 Å². The zero-order chi connectivity index (χ0) is 14.9. The quantitative estimate of drug-likeness (QED) is 0.721. The highest BCUT2D eigenvalue weighted by Crippen LogP contribution is 2.28. The summed E-state index contributed by atoms with van der Waals surface area (Å²) in [5, 5.41) is 4.70. The standard InChI is InChI=1S/C16H15F3N2/c17-16(18,19)11-20-9-10-21-14-7-3-1-5-12(14)13-6-2-4-8-15(13)21/h1-8,20H,9-11H2. The smallest absolute Gasteiger partial charge is 0.339 e. The molecule has 1 heterocycles. The predicted octanol–water partition coefficient (Wildman–Crippen LogP) is 3.95. The second-order valence-corrected chi connectivity index (χ2v) is 4.98. The maximum absolute atomic E-state index is 12.2. The Morgan fingerprint density at radius 1 is 0.857 bits per heavy atom. The van der Waals surface area contributed by atoms with E-state index in [-0.39, 0.29) is 6.54 Å². The third-order valence-electron chi connectivity index (χ3n) is 3.52. The second kappa shape index (κ2) is 5.41. The van der Waals surface area contributed by atoms with Gasteiger partial charge in [-0.1, -0.05) is 36.4 Å². The number of alkyl halides is 3. The van der Waals surface area contributed by atoms with Gasteiger partial charge in [-0.15, -0.1) is 0 Å². The van der Waals surface area contributed by atoms with Crippen molar-refractivity contribution in [2.24, 2.45) is 0 Å². The highest BCUT2D eigenvalue weighted by atomic mass is 19.4. The van der Waals surface area contributed by atoms with E-state index in [0.29, 0.717) is 6.54 Å². The van der Waals surface area contributed by atoms with Gasteiger partial charge in [-0.25, -0.2) is 0 Å². The lowest BCUT2D eigenvalue weighted by Crippen LogP contribution is -2.31. The summed E-state index contributed by atoms with van der Waals surface area (Å²) in [7, 11) is 0. The molecule has 0 saturated heterocycles. The van der Waals surface area contributed by atoms with Crippen LogP contribution in [0.5, 0.6) is 0 Å². The normalized spacial score (nSPS) is 12.3. The summed E-state index contributed by atoms with van der Waals surface area (Å²) in [4.78, 5) is 0. The third-order valence-corrected chi connectivity index (χ3v) is 3.52. The largest absolute Gasteiger partial charge is 0.401 e. The van der Waals surface area contributed by atoms with Crippen molar-refractivity contribution in [2.75, 3.05) is 13.1 Å². The molecular formula is C16H15F3N2. The number of para-hydroxylation sites is 2. The van der Waals surface area contributed by atoms with E-state index in [1.807, 2.05) is 48.5 Å². The van der Waals surface area contributed by atoms with Crippen LogP contribution in [0.25, 0.3) is 21.8 Å². The fourth-order valence-corrected chi connectivity index (χ4v) is 2.67. The molecule has 0 bridgehead atoms. The lowest BCUT2D eigenvalue weighted by molar-refractivity contribution is -0.124. The summed E-state index contributed by atoms with van der Waals surface area (Å²) in [5.74, 6) is 0. The Hall–Kier alpha value is -2.01. The van der Waals surface area contributed by atoms with Gasteiger partial charge in [-0.05, 0) is 12.1 Å². The number of hydrogen-bond acceptors (Lipinski definition) is 1. The molecule has 3 rings (SSSR count). The van der Waals surface area contributed by atoms with Gasteiger partial charge in [0.1, 0.15) is 0 Å². The Labute approximate surface area is 120 Å². The first-order valence-electron chi connectivity index (χ1n) is 6.80. The Kier molecular flexibility index (Phi) is 3.59. The fourth-order valence-electron chi connectivity index (χ4n) is 2.67. The van der Waals surface area contributed by atoms with E-state index < -0.39 is 12.7 Å². The van der Waals surface area contributed by atoms with Crippen molar-refractivity contribution in [1.82, 2.24) is 9.88 Å². The second-order valence-electron chi connectivity index (χ2n) is 4.98. The molecule has 0 saturated carbocycles. The van der Waals surface area contributed by atoms with Gasteiger partial charge in [0.25, 0.3) is 0 Å². The summed E-state index contributed by atoms with van der Waals surface area (Å²) in [6.07, 6.45) is -4.17. The monoisotopic (exact) mass is 292 g/mol. The first kappa shape index (κ1) is 13.9. The molecule has 2 aromatic carbocycles. The topological polar surface area (TPSA) is 17.0 Å². The number of aromatic nitrogens is 1. The lowest BCUT2D eigenvalue weighted by atomic mass is 10.2. The van der Waals surface area contributed by atoms with Crippen LogP contribution in [0.4, 0.5) is 13.2 Å². The number of benzene rings is 2. The molecule has 2 nitrogen and oxygen atoms in total. The number of nitrogens with zero attached hydrogens (tertiary/aromatic N) is 1. The van der Waals surface area contributed by atoms with Gasteiger partial charge in [0.15, 0.2) is 0 Å². The Balaban J connectivity index is 1.89. The molecule has 0 amide bonds. The van der Waals surface area contributed by atoms with Gasteiger partial charge in [0.2, 0.25) is 0 Å². The van der Waals surface area contributed by atoms with Gasteiger partial charge in [0.05, 0.1) is 6.54 Å². The van der Waals surface area contributed by atoms with E-state index in [2.05, 4.69) is 9.88 Å². The van der Waals surface area contributed by atoms with Crippen LogP contribution in [0, 0.1) is 0 Å². The van der Waals surface area contributed by atoms with Crippen molar-refractivity contribution in [1.29, 1.82) is 0 Å². The number of hydrogen-bond donors (Lipinski definition) is 1. The van der Waals surface area contributed by atoms with E-state index in [9.17, 15) is 13.2 Å². The minimum Gasteiger partial charge on any atom is -0.339 e. The van der Waals surface area contributed by atoms with Crippen LogP contribution < -0.4 is 5.32 Å². The first-order valence-corrected chi connectivity index (χ1v) is 6.80. The van der Waals surface area contributed by atoms with Crippen LogP contribution in [-0.2, 0) is 6.54 Å². The minimum atomic E-state index is -4.17. The number of rotatable bonds is 4. The van der Waals surface area contributed by atoms with Crippen LogP contribution in [-0.4, -0.2) is 23.8 Å². The molecule has 0 aliphatic heterocycles. The number of fused-ring (bicyclic) bond motifs is 3. The van der Waals surface area contributed by atoms with Gasteiger partial charge in [-0.3, -0.25) is 0 Å². The Morgan fingerprint density at radius 2 is 1.38 bits per heavy atom. The van der Waals surface area contributed by atoms with E-state index in [4.69, 9.17) is 0 Å². The molecule has 0 unspecified atom stereocenters. The third kappa shape index (κ3) is 2.88.